The molecule has 0 aromatic carbocycles. The van der Waals surface area contributed by atoms with E-state index in [4.69, 9.17) is 5.73 Å². The highest BCUT2D eigenvalue weighted by molar-refractivity contribution is 7.07. The van der Waals surface area contributed by atoms with Crippen molar-refractivity contribution in [2.45, 2.75) is 31.8 Å². The van der Waals surface area contributed by atoms with E-state index in [0.29, 0.717) is 17.8 Å². The lowest BCUT2D eigenvalue weighted by molar-refractivity contribution is 0.0687. The maximum Gasteiger partial charge on any atom is 0.270 e. The molecule has 2 aromatic heterocycles. The second kappa shape index (κ2) is 6.31. The van der Waals surface area contributed by atoms with Crippen LogP contribution in [-0.2, 0) is 6.54 Å². The van der Waals surface area contributed by atoms with E-state index in [0.717, 1.165) is 37.9 Å². The molecular weight excluding hydrogens is 336 g/mol. The number of primary amides is 1. The van der Waals surface area contributed by atoms with Crippen molar-refractivity contribution in [2.75, 3.05) is 13.1 Å². The van der Waals surface area contributed by atoms with E-state index in [9.17, 15) is 9.59 Å². The Morgan fingerprint density at radius 2 is 2.16 bits per heavy atom. The fourth-order valence-electron chi connectivity index (χ4n) is 3.95. The third-order valence-electron chi connectivity index (χ3n) is 5.51. The monoisotopic (exact) mass is 358 g/mol. The number of nitrogens with two attached hydrogens (primary N) is 1. The fourth-order valence-corrected chi connectivity index (χ4v) is 4.61. The average molecular weight is 358 g/mol. The second-order valence-electron chi connectivity index (χ2n) is 7.06. The summed E-state index contributed by atoms with van der Waals surface area (Å²) in [6.07, 6.45) is 4.80. The Hall–Kier alpha value is -2.12. The Morgan fingerprint density at radius 3 is 2.80 bits per heavy atom. The molecule has 25 heavy (non-hydrogen) atoms. The molecule has 7 heteroatoms. The minimum Gasteiger partial charge on any atom is -0.366 e. The van der Waals surface area contributed by atoms with Crippen molar-refractivity contribution >= 4 is 23.2 Å². The number of thiophene rings is 1. The molecule has 2 aromatic rings. The zero-order chi connectivity index (χ0) is 17.4. The van der Waals surface area contributed by atoms with Gasteiger partial charge in [0.05, 0.1) is 5.56 Å². The first-order valence-corrected chi connectivity index (χ1v) is 9.54. The average Bonchev–Trinajstić information content (AvgIpc) is 3.06. The number of rotatable bonds is 5. The number of carbonyl (C=O) groups excluding carboxylic acids is 2. The summed E-state index contributed by atoms with van der Waals surface area (Å²) in [5.74, 6) is -0.583. The van der Waals surface area contributed by atoms with E-state index in [2.05, 4.69) is 21.7 Å². The molecule has 0 bridgehead atoms. The fraction of sp³-hybridized carbons (Fsp3) is 0.444. The van der Waals surface area contributed by atoms with Crippen LogP contribution in [0.3, 0.4) is 0 Å². The molecule has 6 nitrogen and oxygen atoms in total. The number of aromatic amines is 1. The Balaban J connectivity index is 1.58. The SMILES string of the molecule is NC(=O)c1c[nH]c(C(=O)N(Cc2ccsc2)[C@H]2CC23CCNCC3)c1. The summed E-state index contributed by atoms with van der Waals surface area (Å²) in [6.45, 7) is 2.64. The molecule has 2 aliphatic rings. The van der Waals surface area contributed by atoms with Crippen LogP contribution in [0, 0.1) is 5.41 Å². The van der Waals surface area contributed by atoms with Gasteiger partial charge in [0.1, 0.15) is 5.69 Å². The summed E-state index contributed by atoms with van der Waals surface area (Å²) in [4.78, 5) is 29.4. The van der Waals surface area contributed by atoms with Crippen LogP contribution in [0.5, 0.6) is 0 Å². The molecule has 1 aliphatic heterocycles. The van der Waals surface area contributed by atoms with Crippen molar-refractivity contribution in [3.63, 3.8) is 0 Å². The van der Waals surface area contributed by atoms with Gasteiger partial charge in [0, 0.05) is 18.8 Å². The van der Waals surface area contributed by atoms with Crippen molar-refractivity contribution in [1.29, 1.82) is 0 Å². The van der Waals surface area contributed by atoms with E-state index < -0.39 is 5.91 Å². The number of hydrogen-bond acceptors (Lipinski definition) is 4. The summed E-state index contributed by atoms with van der Waals surface area (Å²) < 4.78 is 0. The highest BCUT2D eigenvalue weighted by Crippen LogP contribution is 2.56. The maximum absolute atomic E-state index is 13.1. The van der Waals surface area contributed by atoms with Gasteiger partial charge in [-0.2, -0.15) is 11.3 Å². The normalized spacial score (nSPS) is 21.2. The number of amides is 2. The molecular formula is C18H22N4O2S. The smallest absolute Gasteiger partial charge is 0.270 e. The topological polar surface area (TPSA) is 91.2 Å². The van der Waals surface area contributed by atoms with Crippen molar-refractivity contribution < 1.29 is 9.59 Å². The molecule has 1 saturated carbocycles. The predicted octanol–water partition coefficient (Wildman–Crippen LogP) is 1.96. The van der Waals surface area contributed by atoms with E-state index in [1.807, 2.05) is 10.3 Å². The molecule has 3 heterocycles. The number of carbonyl (C=O) groups is 2. The van der Waals surface area contributed by atoms with Gasteiger partial charge in [-0.25, -0.2) is 0 Å². The van der Waals surface area contributed by atoms with Gasteiger partial charge in [0.2, 0.25) is 5.91 Å². The first-order chi connectivity index (χ1) is 12.1. The third-order valence-corrected chi connectivity index (χ3v) is 6.25. The van der Waals surface area contributed by atoms with Crippen LogP contribution in [0.25, 0.3) is 0 Å². The summed E-state index contributed by atoms with van der Waals surface area (Å²) in [5.41, 5.74) is 7.49. The summed E-state index contributed by atoms with van der Waals surface area (Å²) in [5, 5.41) is 7.52. The van der Waals surface area contributed by atoms with Crippen molar-refractivity contribution in [2.24, 2.45) is 11.1 Å². The van der Waals surface area contributed by atoms with Crippen LogP contribution in [0.2, 0.25) is 0 Å². The quantitative estimate of drug-likeness (QED) is 0.763. The molecule has 1 atom stereocenters. The maximum atomic E-state index is 13.1. The lowest BCUT2D eigenvalue weighted by Gasteiger charge is -2.29. The Kier molecular flexibility index (Phi) is 4.13. The van der Waals surface area contributed by atoms with E-state index in [1.165, 1.54) is 6.20 Å². The largest absolute Gasteiger partial charge is 0.366 e. The number of aromatic nitrogens is 1. The second-order valence-corrected chi connectivity index (χ2v) is 7.84. The summed E-state index contributed by atoms with van der Waals surface area (Å²) in [7, 11) is 0. The third kappa shape index (κ3) is 3.09. The molecule has 2 fully saturated rings. The van der Waals surface area contributed by atoms with Gasteiger partial charge in [0.25, 0.3) is 5.91 Å². The highest BCUT2D eigenvalue weighted by Gasteiger charge is 2.57. The summed E-state index contributed by atoms with van der Waals surface area (Å²) >= 11 is 1.64. The standard InChI is InChI=1S/C18H22N4O2S/c19-16(23)13-7-14(21-9-13)17(24)22(10-12-1-6-25-11-12)15-8-18(15)2-4-20-5-3-18/h1,6-7,9,11,15,20-21H,2-5,8,10H2,(H2,19,23)/t15-/m0/s1. The number of hydrogen-bond donors (Lipinski definition) is 3. The molecule has 2 amide bonds. The summed E-state index contributed by atoms with van der Waals surface area (Å²) in [6, 6.07) is 3.89. The van der Waals surface area contributed by atoms with Gasteiger partial charge in [0.15, 0.2) is 0 Å². The molecule has 0 radical (unpaired) electrons. The van der Waals surface area contributed by atoms with Crippen LogP contribution < -0.4 is 11.1 Å². The molecule has 1 saturated heterocycles. The molecule has 4 N–H and O–H groups in total. The van der Waals surface area contributed by atoms with E-state index in [-0.39, 0.29) is 17.4 Å². The lowest BCUT2D eigenvalue weighted by atomic mass is 9.93. The van der Waals surface area contributed by atoms with Gasteiger partial charge in [-0.3, -0.25) is 9.59 Å². The minimum absolute atomic E-state index is 0.0564. The number of piperidine rings is 1. The zero-order valence-electron chi connectivity index (χ0n) is 14.0. The molecule has 1 aliphatic carbocycles. The van der Waals surface area contributed by atoms with Gasteiger partial charge in [-0.05, 0) is 66.2 Å². The number of nitrogens with one attached hydrogen (secondary N) is 2. The van der Waals surface area contributed by atoms with Crippen molar-refractivity contribution in [3.8, 4) is 0 Å². The van der Waals surface area contributed by atoms with Gasteiger partial charge < -0.3 is 20.9 Å². The molecule has 0 unspecified atom stereocenters. The van der Waals surface area contributed by atoms with E-state index in [1.54, 1.807) is 17.4 Å². The molecule has 1 spiro atoms. The van der Waals surface area contributed by atoms with Crippen molar-refractivity contribution in [3.05, 3.63) is 45.9 Å². The van der Waals surface area contributed by atoms with Gasteiger partial charge in [-0.1, -0.05) is 0 Å². The van der Waals surface area contributed by atoms with Gasteiger partial charge in [-0.15, -0.1) is 0 Å². The number of H-pyrrole nitrogens is 1. The Bertz CT molecular complexity index is 777. The first kappa shape index (κ1) is 16.4. The van der Waals surface area contributed by atoms with Crippen LogP contribution >= 0.6 is 11.3 Å². The van der Waals surface area contributed by atoms with Crippen LogP contribution in [0.1, 0.15) is 45.7 Å². The molecule has 4 rings (SSSR count). The van der Waals surface area contributed by atoms with Crippen LogP contribution in [0.4, 0.5) is 0 Å². The van der Waals surface area contributed by atoms with Crippen LogP contribution in [-0.4, -0.2) is 40.8 Å². The Morgan fingerprint density at radius 1 is 1.36 bits per heavy atom. The highest BCUT2D eigenvalue weighted by atomic mass is 32.1. The zero-order valence-corrected chi connectivity index (χ0v) is 14.8. The molecule has 132 valence electrons. The minimum atomic E-state index is -0.527. The lowest BCUT2D eigenvalue weighted by Crippen LogP contribution is -2.39. The Labute approximate surface area is 150 Å². The van der Waals surface area contributed by atoms with Gasteiger partial charge >= 0.3 is 0 Å². The van der Waals surface area contributed by atoms with Crippen molar-refractivity contribution in [1.82, 2.24) is 15.2 Å². The number of nitrogens with zero attached hydrogens (tertiary/aromatic N) is 1. The predicted molar refractivity (Wildman–Crippen MR) is 96.4 cm³/mol. The van der Waals surface area contributed by atoms with E-state index >= 15 is 0 Å². The van der Waals surface area contributed by atoms with Crippen LogP contribution in [0.15, 0.2) is 29.1 Å². The first-order valence-electron chi connectivity index (χ1n) is 8.60.